The molecular weight excluding hydrogens is 256 g/mol. The van der Waals surface area contributed by atoms with E-state index in [0.29, 0.717) is 23.6 Å². The maximum absolute atomic E-state index is 11.6. The van der Waals surface area contributed by atoms with Gasteiger partial charge in [-0.2, -0.15) is 0 Å². The van der Waals surface area contributed by atoms with E-state index in [2.05, 4.69) is 4.74 Å². The lowest BCUT2D eigenvalue weighted by atomic mass is 10.1. The largest absolute Gasteiger partial charge is 0.469 e. The van der Waals surface area contributed by atoms with Crippen molar-refractivity contribution in [3.8, 4) is 0 Å². The Morgan fingerprint density at radius 1 is 1.33 bits per heavy atom. The van der Waals surface area contributed by atoms with Crippen molar-refractivity contribution in [2.24, 2.45) is 0 Å². The number of benzene rings is 1. The number of halogens is 1. The normalized spacial score (nSPS) is 9.94. The summed E-state index contributed by atoms with van der Waals surface area (Å²) in [5.41, 5.74) is 1.16. The summed E-state index contributed by atoms with van der Waals surface area (Å²) in [6.07, 6.45) is 0.761. The van der Waals surface area contributed by atoms with Gasteiger partial charge in [-0.05, 0) is 31.0 Å². The van der Waals surface area contributed by atoms with Gasteiger partial charge < -0.3 is 9.47 Å². The number of rotatable bonds is 5. The van der Waals surface area contributed by atoms with E-state index in [1.807, 2.05) is 0 Å². The molecule has 0 spiro atoms. The molecule has 5 heteroatoms. The van der Waals surface area contributed by atoms with E-state index in [1.54, 1.807) is 25.1 Å². The zero-order valence-corrected chi connectivity index (χ0v) is 11.1. The van der Waals surface area contributed by atoms with Crippen LogP contribution in [0, 0.1) is 0 Å². The highest BCUT2D eigenvalue weighted by Crippen LogP contribution is 2.19. The van der Waals surface area contributed by atoms with Crippen LogP contribution in [0.3, 0.4) is 0 Å². The van der Waals surface area contributed by atoms with Crippen LogP contribution in [0.25, 0.3) is 0 Å². The van der Waals surface area contributed by atoms with Crippen LogP contribution in [0.2, 0.25) is 5.02 Å². The summed E-state index contributed by atoms with van der Waals surface area (Å²) in [6.45, 7) is 2.02. The molecule has 0 radical (unpaired) electrons. The number of esters is 2. The third-order valence-corrected chi connectivity index (χ3v) is 2.70. The van der Waals surface area contributed by atoms with Gasteiger partial charge in [0.05, 0.1) is 24.3 Å². The van der Waals surface area contributed by atoms with E-state index in [-0.39, 0.29) is 12.4 Å². The molecular formula is C13H15ClO4. The SMILES string of the molecule is CCOC(=O)c1cc(CCC(=O)OC)ccc1Cl. The molecule has 0 aliphatic carbocycles. The molecule has 1 aromatic rings. The van der Waals surface area contributed by atoms with E-state index in [9.17, 15) is 9.59 Å². The molecule has 0 bridgehead atoms. The van der Waals surface area contributed by atoms with Crippen molar-refractivity contribution in [3.63, 3.8) is 0 Å². The molecule has 1 rings (SSSR count). The van der Waals surface area contributed by atoms with E-state index < -0.39 is 5.97 Å². The van der Waals surface area contributed by atoms with Gasteiger partial charge in [0.25, 0.3) is 0 Å². The number of hydrogen-bond acceptors (Lipinski definition) is 4. The molecule has 0 aliphatic rings. The van der Waals surface area contributed by atoms with Gasteiger partial charge in [0, 0.05) is 6.42 Å². The quantitative estimate of drug-likeness (QED) is 0.772. The van der Waals surface area contributed by atoms with Gasteiger partial charge >= 0.3 is 11.9 Å². The summed E-state index contributed by atoms with van der Waals surface area (Å²) in [7, 11) is 1.34. The number of aryl methyl sites for hydroxylation is 1. The lowest BCUT2D eigenvalue weighted by Crippen LogP contribution is -2.07. The van der Waals surface area contributed by atoms with E-state index in [1.165, 1.54) is 7.11 Å². The maximum atomic E-state index is 11.6. The predicted molar refractivity (Wildman–Crippen MR) is 67.7 cm³/mol. The lowest BCUT2D eigenvalue weighted by Gasteiger charge is -2.07. The van der Waals surface area contributed by atoms with E-state index in [0.717, 1.165) is 5.56 Å². The molecule has 18 heavy (non-hydrogen) atoms. The van der Waals surface area contributed by atoms with Crippen molar-refractivity contribution < 1.29 is 19.1 Å². The minimum Gasteiger partial charge on any atom is -0.469 e. The Morgan fingerprint density at radius 2 is 2.06 bits per heavy atom. The van der Waals surface area contributed by atoms with Crippen molar-refractivity contribution in [2.75, 3.05) is 13.7 Å². The van der Waals surface area contributed by atoms with Gasteiger partial charge in [-0.25, -0.2) is 4.79 Å². The van der Waals surface area contributed by atoms with E-state index >= 15 is 0 Å². The average molecular weight is 271 g/mol. The molecule has 0 fully saturated rings. The Bertz CT molecular complexity index is 443. The third kappa shape index (κ3) is 4.04. The van der Waals surface area contributed by atoms with Gasteiger partial charge in [0.2, 0.25) is 0 Å². The maximum Gasteiger partial charge on any atom is 0.339 e. The molecule has 0 amide bonds. The van der Waals surface area contributed by atoms with Crippen LogP contribution < -0.4 is 0 Å². The first-order valence-electron chi connectivity index (χ1n) is 5.60. The Balaban J connectivity index is 2.80. The highest BCUT2D eigenvalue weighted by Gasteiger charge is 2.12. The van der Waals surface area contributed by atoms with Gasteiger partial charge in [-0.15, -0.1) is 0 Å². The molecule has 0 saturated carbocycles. The van der Waals surface area contributed by atoms with Gasteiger partial charge in [-0.3, -0.25) is 4.79 Å². The summed E-state index contributed by atoms with van der Waals surface area (Å²) in [4.78, 5) is 22.6. The molecule has 0 aliphatic heterocycles. The first-order valence-corrected chi connectivity index (χ1v) is 5.98. The molecule has 0 unspecified atom stereocenters. The first-order chi connectivity index (χ1) is 8.58. The van der Waals surface area contributed by atoms with Crippen molar-refractivity contribution in [1.29, 1.82) is 0 Å². The molecule has 0 aromatic heterocycles. The number of ether oxygens (including phenoxy) is 2. The molecule has 0 atom stereocenters. The molecule has 0 N–H and O–H groups in total. The van der Waals surface area contributed by atoms with Crippen LogP contribution in [0.15, 0.2) is 18.2 Å². The summed E-state index contributed by atoms with van der Waals surface area (Å²) >= 11 is 5.92. The number of carbonyl (C=O) groups excluding carboxylic acids is 2. The fourth-order valence-electron chi connectivity index (χ4n) is 1.44. The molecule has 98 valence electrons. The van der Waals surface area contributed by atoms with Crippen LogP contribution in [-0.2, 0) is 20.7 Å². The summed E-state index contributed by atoms with van der Waals surface area (Å²) in [6, 6.07) is 5.04. The van der Waals surface area contributed by atoms with Crippen LogP contribution in [-0.4, -0.2) is 25.7 Å². The minimum atomic E-state index is -0.456. The van der Waals surface area contributed by atoms with Crippen molar-refractivity contribution in [1.82, 2.24) is 0 Å². The standard InChI is InChI=1S/C13H15ClO4/c1-3-18-13(16)10-8-9(4-6-11(10)14)5-7-12(15)17-2/h4,6,8H,3,5,7H2,1-2H3. The summed E-state index contributed by atoms with van der Waals surface area (Å²) in [5.74, 6) is -0.745. The Kier molecular flexibility index (Phi) is 5.65. The van der Waals surface area contributed by atoms with Crippen LogP contribution in [0.1, 0.15) is 29.3 Å². The Morgan fingerprint density at radius 3 is 2.67 bits per heavy atom. The highest BCUT2D eigenvalue weighted by atomic mass is 35.5. The second-order valence-corrected chi connectivity index (χ2v) is 4.02. The van der Waals surface area contributed by atoms with E-state index in [4.69, 9.17) is 16.3 Å². The topological polar surface area (TPSA) is 52.6 Å². The fourth-order valence-corrected chi connectivity index (χ4v) is 1.64. The average Bonchev–Trinajstić information content (AvgIpc) is 2.37. The fraction of sp³-hybridized carbons (Fsp3) is 0.385. The smallest absolute Gasteiger partial charge is 0.339 e. The van der Waals surface area contributed by atoms with Crippen molar-refractivity contribution >= 4 is 23.5 Å². The third-order valence-electron chi connectivity index (χ3n) is 2.37. The number of methoxy groups -OCH3 is 1. The van der Waals surface area contributed by atoms with Crippen LogP contribution in [0.5, 0.6) is 0 Å². The zero-order valence-electron chi connectivity index (χ0n) is 10.4. The second kappa shape index (κ2) is 7.01. The Labute approximate surface area is 111 Å². The molecule has 4 nitrogen and oxygen atoms in total. The molecule has 1 aromatic carbocycles. The van der Waals surface area contributed by atoms with Crippen LogP contribution >= 0.6 is 11.6 Å². The molecule has 0 heterocycles. The lowest BCUT2D eigenvalue weighted by molar-refractivity contribution is -0.140. The highest BCUT2D eigenvalue weighted by molar-refractivity contribution is 6.33. The molecule has 0 saturated heterocycles. The number of carbonyl (C=O) groups is 2. The summed E-state index contributed by atoms with van der Waals surface area (Å²) in [5, 5.41) is 0.343. The minimum absolute atomic E-state index is 0.264. The predicted octanol–water partition coefficient (Wildman–Crippen LogP) is 2.62. The first kappa shape index (κ1) is 14.5. The van der Waals surface area contributed by atoms with Gasteiger partial charge in [0.1, 0.15) is 0 Å². The second-order valence-electron chi connectivity index (χ2n) is 3.61. The number of hydrogen-bond donors (Lipinski definition) is 0. The van der Waals surface area contributed by atoms with Crippen molar-refractivity contribution in [3.05, 3.63) is 34.3 Å². The summed E-state index contributed by atoms with van der Waals surface area (Å²) < 4.78 is 9.45. The van der Waals surface area contributed by atoms with Gasteiger partial charge in [-0.1, -0.05) is 17.7 Å². The zero-order chi connectivity index (χ0) is 13.5. The Hall–Kier alpha value is -1.55. The monoisotopic (exact) mass is 270 g/mol. The van der Waals surface area contributed by atoms with Gasteiger partial charge in [0.15, 0.2) is 0 Å². The van der Waals surface area contributed by atoms with Crippen molar-refractivity contribution in [2.45, 2.75) is 19.8 Å². The van der Waals surface area contributed by atoms with Crippen LogP contribution in [0.4, 0.5) is 0 Å².